The van der Waals surface area contributed by atoms with Crippen LogP contribution in [0, 0.1) is 12.7 Å². The van der Waals surface area contributed by atoms with E-state index in [0.29, 0.717) is 37.0 Å². The van der Waals surface area contributed by atoms with Crippen LogP contribution in [0.2, 0.25) is 5.02 Å². The molecule has 0 atom stereocenters. The van der Waals surface area contributed by atoms with E-state index in [1.807, 2.05) is 42.2 Å². The first-order valence-electron chi connectivity index (χ1n) is 9.72. The number of para-hydroxylation sites is 1. The number of morpholine rings is 1. The molecule has 1 aromatic carbocycles. The minimum Gasteiger partial charge on any atom is -0.378 e. The molecule has 0 spiro atoms. The number of benzene rings is 1. The fourth-order valence-corrected chi connectivity index (χ4v) is 3.37. The second-order valence-corrected chi connectivity index (χ2v) is 7.27. The highest BCUT2D eigenvalue weighted by atomic mass is 35.5. The van der Waals surface area contributed by atoms with Gasteiger partial charge in [-0.2, -0.15) is 10.1 Å². The van der Waals surface area contributed by atoms with E-state index in [1.54, 1.807) is 6.20 Å². The molecule has 10 heteroatoms. The standard InChI is InChI=1S/C21H21ClFN7O/c1-14-3-2-4-17(22)19(14)27-15-5-6-24-16(11-15)12-26-29-21-25-13-18(23)20(28-21)30-7-9-31-10-8-30/h2-6,11-13H,7-10H2,1H3,(H,24,27)(H,25,28,29)/b26-12-. The normalized spacial score (nSPS) is 14.1. The summed E-state index contributed by atoms with van der Waals surface area (Å²) < 4.78 is 19.4. The first-order valence-corrected chi connectivity index (χ1v) is 10.1. The number of anilines is 4. The van der Waals surface area contributed by atoms with Crippen LogP contribution in [0.4, 0.5) is 27.5 Å². The van der Waals surface area contributed by atoms with Gasteiger partial charge in [0.2, 0.25) is 5.95 Å². The quantitative estimate of drug-likeness (QED) is 0.441. The summed E-state index contributed by atoms with van der Waals surface area (Å²) >= 11 is 6.29. The predicted molar refractivity (Wildman–Crippen MR) is 120 cm³/mol. The number of hydrogen-bond donors (Lipinski definition) is 2. The van der Waals surface area contributed by atoms with E-state index in [4.69, 9.17) is 16.3 Å². The Morgan fingerprint density at radius 1 is 1.23 bits per heavy atom. The van der Waals surface area contributed by atoms with E-state index in [-0.39, 0.29) is 11.8 Å². The minimum absolute atomic E-state index is 0.195. The Labute approximate surface area is 184 Å². The van der Waals surface area contributed by atoms with Crippen LogP contribution in [-0.4, -0.2) is 47.5 Å². The van der Waals surface area contributed by atoms with Crippen molar-refractivity contribution in [2.24, 2.45) is 5.10 Å². The minimum atomic E-state index is -0.480. The molecule has 1 fully saturated rings. The van der Waals surface area contributed by atoms with Crippen LogP contribution in [0.5, 0.6) is 0 Å². The van der Waals surface area contributed by atoms with Gasteiger partial charge >= 0.3 is 0 Å². The second-order valence-electron chi connectivity index (χ2n) is 6.86. The lowest BCUT2D eigenvalue weighted by atomic mass is 10.2. The van der Waals surface area contributed by atoms with Crippen molar-refractivity contribution < 1.29 is 9.13 Å². The van der Waals surface area contributed by atoms with Gasteiger partial charge in [-0.05, 0) is 30.7 Å². The first-order chi connectivity index (χ1) is 15.1. The molecule has 3 heterocycles. The summed E-state index contributed by atoms with van der Waals surface area (Å²) in [6.07, 6.45) is 4.33. The molecule has 0 unspecified atom stereocenters. The third kappa shape index (κ3) is 5.25. The number of hydrazone groups is 1. The van der Waals surface area contributed by atoms with Crippen molar-refractivity contribution in [3.8, 4) is 0 Å². The lowest BCUT2D eigenvalue weighted by Crippen LogP contribution is -2.37. The van der Waals surface area contributed by atoms with E-state index in [0.717, 1.165) is 23.1 Å². The zero-order chi connectivity index (χ0) is 21.6. The average Bonchev–Trinajstić information content (AvgIpc) is 2.78. The van der Waals surface area contributed by atoms with Crippen molar-refractivity contribution in [3.05, 3.63) is 64.8 Å². The Hall–Kier alpha value is -3.30. The second kappa shape index (κ2) is 9.67. The van der Waals surface area contributed by atoms with Gasteiger partial charge in [0.15, 0.2) is 11.6 Å². The molecular weight excluding hydrogens is 421 g/mol. The average molecular weight is 442 g/mol. The van der Waals surface area contributed by atoms with E-state index in [1.165, 1.54) is 6.21 Å². The molecule has 2 aromatic heterocycles. The molecule has 0 radical (unpaired) electrons. The maximum Gasteiger partial charge on any atom is 0.245 e. The Kier molecular flexibility index (Phi) is 6.54. The third-order valence-electron chi connectivity index (χ3n) is 4.67. The molecule has 31 heavy (non-hydrogen) atoms. The van der Waals surface area contributed by atoms with Gasteiger partial charge < -0.3 is 15.0 Å². The maximum atomic E-state index is 14.1. The highest BCUT2D eigenvalue weighted by molar-refractivity contribution is 6.33. The molecule has 1 aliphatic heterocycles. The van der Waals surface area contributed by atoms with Gasteiger partial charge in [0, 0.05) is 25.0 Å². The summed E-state index contributed by atoms with van der Waals surface area (Å²) in [7, 11) is 0. The van der Waals surface area contributed by atoms with Crippen molar-refractivity contribution in [2.75, 3.05) is 41.9 Å². The summed E-state index contributed by atoms with van der Waals surface area (Å²) in [6, 6.07) is 9.39. The molecule has 1 aliphatic rings. The number of ether oxygens (including phenoxy) is 1. The van der Waals surface area contributed by atoms with E-state index < -0.39 is 5.82 Å². The molecule has 4 rings (SSSR count). The van der Waals surface area contributed by atoms with E-state index in [9.17, 15) is 4.39 Å². The molecule has 0 aliphatic carbocycles. The topological polar surface area (TPSA) is 87.6 Å². The van der Waals surface area contributed by atoms with Crippen molar-refractivity contribution >= 4 is 41.0 Å². The lowest BCUT2D eigenvalue weighted by molar-refractivity contribution is 0.122. The fraction of sp³-hybridized carbons (Fsp3) is 0.238. The van der Waals surface area contributed by atoms with Crippen LogP contribution in [0.1, 0.15) is 11.3 Å². The molecule has 0 bridgehead atoms. The Bertz CT molecular complexity index is 1070. The number of hydrogen-bond acceptors (Lipinski definition) is 8. The summed E-state index contributed by atoms with van der Waals surface area (Å²) in [5.74, 6) is -0.0534. The van der Waals surface area contributed by atoms with Gasteiger partial charge in [-0.3, -0.25) is 4.98 Å². The number of halogens is 2. The summed E-state index contributed by atoms with van der Waals surface area (Å²) in [4.78, 5) is 14.3. The molecule has 160 valence electrons. The monoisotopic (exact) mass is 441 g/mol. The van der Waals surface area contributed by atoms with Crippen LogP contribution < -0.4 is 15.6 Å². The molecule has 2 N–H and O–H groups in total. The van der Waals surface area contributed by atoms with Crippen LogP contribution in [0.15, 0.2) is 47.8 Å². The highest BCUT2D eigenvalue weighted by Gasteiger charge is 2.17. The zero-order valence-corrected chi connectivity index (χ0v) is 17.6. The van der Waals surface area contributed by atoms with E-state index in [2.05, 4.69) is 30.8 Å². The molecule has 0 saturated carbocycles. The first kappa shape index (κ1) is 21.0. The zero-order valence-electron chi connectivity index (χ0n) is 16.8. The molecule has 8 nitrogen and oxygen atoms in total. The molecule has 0 amide bonds. The Morgan fingerprint density at radius 3 is 2.87 bits per heavy atom. The Morgan fingerprint density at radius 2 is 2.06 bits per heavy atom. The number of nitrogens with zero attached hydrogens (tertiary/aromatic N) is 5. The van der Waals surface area contributed by atoms with Crippen LogP contribution in [0.25, 0.3) is 0 Å². The van der Waals surface area contributed by atoms with Gasteiger partial charge in [-0.25, -0.2) is 14.8 Å². The largest absolute Gasteiger partial charge is 0.378 e. The van der Waals surface area contributed by atoms with Crippen molar-refractivity contribution in [3.63, 3.8) is 0 Å². The fourth-order valence-electron chi connectivity index (χ4n) is 3.10. The molecular formula is C21H21ClFN7O. The molecule has 3 aromatic rings. The maximum absolute atomic E-state index is 14.1. The molecule has 1 saturated heterocycles. The summed E-state index contributed by atoms with van der Waals surface area (Å²) in [5, 5.41) is 8.07. The number of rotatable bonds is 6. The van der Waals surface area contributed by atoms with Crippen molar-refractivity contribution in [1.82, 2.24) is 15.0 Å². The van der Waals surface area contributed by atoms with Crippen molar-refractivity contribution in [2.45, 2.75) is 6.92 Å². The van der Waals surface area contributed by atoms with Crippen LogP contribution in [-0.2, 0) is 4.74 Å². The number of aryl methyl sites for hydroxylation is 1. The van der Waals surface area contributed by atoms with Gasteiger partial charge in [-0.1, -0.05) is 23.7 Å². The van der Waals surface area contributed by atoms with Gasteiger partial charge in [0.25, 0.3) is 0 Å². The van der Waals surface area contributed by atoms with Gasteiger partial charge in [0.1, 0.15) is 0 Å². The predicted octanol–water partition coefficient (Wildman–Crippen LogP) is 4.00. The smallest absolute Gasteiger partial charge is 0.245 e. The van der Waals surface area contributed by atoms with Crippen molar-refractivity contribution in [1.29, 1.82) is 0 Å². The van der Waals surface area contributed by atoms with E-state index >= 15 is 0 Å². The van der Waals surface area contributed by atoms with Gasteiger partial charge in [-0.15, -0.1) is 0 Å². The lowest BCUT2D eigenvalue weighted by Gasteiger charge is -2.27. The van der Waals surface area contributed by atoms with Crippen LogP contribution >= 0.6 is 11.6 Å². The number of pyridine rings is 1. The van der Waals surface area contributed by atoms with Crippen LogP contribution in [0.3, 0.4) is 0 Å². The number of nitrogens with one attached hydrogen (secondary N) is 2. The summed E-state index contributed by atoms with van der Waals surface area (Å²) in [5.41, 5.74) is 6.03. The Balaban J connectivity index is 1.44. The third-order valence-corrected chi connectivity index (χ3v) is 4.98. The number of aromatic nitrogens is 3. The summed E-state index contributed by atoms with van der Waals surface area (Å²) in [6.45, 7) is 4.20. The van der Waals surface area contributed by atoms with Gasteiger partial charge in [0.05, 0.1) is 42.0 Å². The SMILES string of the molecule is Cc1cccc(Cl)c1Nc1ccnc(/C=N\Nc2ncc(F)c(N3CCOCC3)n2)c1. The highest BCUT2D eigenvalue weighted by Crippen LogP contribution is 2.28.